The first kappa shape index (κ1) is 34.5. The normalized spacial score (nSPS) is 16.4. The number of aliphatic hydroxyl groups excluding tert-OH is 2. The van der Waals surface area contributed by atoms with Crippen molar-refractivity contribution < 1.29 is 19.7 Å². The Labute approximate surface area is 218 Å². The summed E-state index contributed by atoms with van der Waals surface area (Å²) in [7, 11) is 0. The zero-order valence-electron chi connectivity index (χ0n) is 23.8. The quantitative estimate of drug-likeness (QED) is 0.0655. The van der Waals surface area contributed by atoms with E-state index in [1.807, 2.05) is 13.8 Å². The van der Waals surface area contributed by atoms with Crippen molar-refractivity contribution in [1.29, 1.82) is 0 Å². The standard InChI is InChI=1S/C30H61NO4/c1-5-28(24-26(3)32)34-30(35-29(6-2)25-27(4)33)22-20-18-16-14-12-10-8-7-9-11-13-15-17-19-21-23-31/h7-8,26-30,32-33H,5-6,9-25,31H2,1-4H3/b8-7-. The Morgan fingerprint density at radius 2 is 1.03 bits per heavy atom. The second-order valence-corrected chi connectivity index (χ2v) is 10.4. The number of aliphatic hydroxyl groups is 2. The minimum absolute atomic E-state index is 0.00648. The molecule has 5 heteroatoms. The van der Waals surface area contributed by atoms with E-state index < -0.39 is 0 Å². The van der Waals surface area contributed by atoms with Crippen LogP contribution in [0, 0.1) is 0 Å². The predicted molar refractivity (Wildman–Crippen MR) is 150 cm³/mol. The van der Waals surface area contributed by atoms with Crippen molar-refractivity contribution in [3.63, 3.8) is 0 Å². The molecule has 0 aromatic heterocycles. The molecule has 0 saturated carbocycles. The summed E-state index contributed by atoms with van der Waals surface area (Å²) < 4.78 is 12.5. The highest BCUT2D eigenvalue weighted by Crippen LogP contribution is 2.20. The van der Waals surface area contributed by atoms with Gasteiger partial charge in [-0.05, 0) is 91.0 Å². The summed E-state index contributed by atoms with van der Waals surface area (Å²) in [6.07, 6.45) is 23.9. The molecule has 0 aliphatic rings. The molecule has 4 N–H and O–H groups in total. The second kappa shape index (κ2) is 25.2. The van der Waals surface area contributed by atoms with Crippen LogP contribution in [0.2, 0.25) is 0 Å². The van der Waals surface area contributed by atoms with Crippen molar-refractivity contribution in [3.05, 3.63) is 12.2 Å². The molecule has 0 fully saturated rings. The number of rotatable bonds is 26. The van der Waals surface area contributed by atoms with Crippen LogP contribution in [0.1, 0.15) is 143 Å². The number of hydrogen-bond acceptors (Lipinski definition) is 5. The zero-order chi connectivity index (χ0) is 26.2. The van der Waals surface area contributed by atoms with Crippen molar-refractivity contribution in [2.75, 3.05) is 6.54 Å². The molecule has 4 atom stereocenters. The van der Waals surface area contributed by atoms with Gasteiger partial charge in [-0.25, -0.2) is 0 Å². The third-order valence-corrected chi connectivity index (χ3v) is 6.61. The fourth-order valence-electron chi connectivity index (χ4n) is 4.45. The van der Waals surface area contributed by atoms with Gasteiger partial charge < -0.3 is 25.4 Å². The molecule has 0 rings (SSSR count). The summed E-state index contributed by atoms with van der Waals surface area (Å²) in [5, 5.41) is 19.6. The van der Waals surface area contributed by atoms with Crippen molar-refractivity contribution in [2.45, 2.75) is 174 Å². The Balaban J connectivity index is 4.06. The summed E-state index contributed by atoms with van der Waals surface area (Å²) in [5.41, 5.74) is 5.53. The maximum absolute atomic E-state index is 9.78. The molecule has 0 heterocycles. The highest BCUT2D eigenvalue weighted by molar-refractivity contribution is 4.81. The van der Waals surface area contributed by atoms with Gasteiger partial charge in [-0.2, -0.15) is 0 Å². The predicted octanol–water partition coefficient (Wildman–Crippen LogP) is 7.42. The summed E-state index contributed by atoms with van der Waals surface area (Å²) in [6.45, 7) is 8.64. The van der Waals surface area contributed by atoms with Crippen LogP contribution in [0.5, 0.6) is 0 Å². The van der Waals surface area contributed by atoms with Crippen LogP contribution in [0.15, 0.2) is 12.2 Å². The fraction of sp³-hybridized carbons (Fsp3) is 0.933. The molecule has 4 unspecified atom stereocenters. The summed E-state index contributed by atoms with van der Waals surface area (Å²) in [4.78, 5) is 0. The van der Waals surface area contributed by atoms with E-state index in [0.717, 1.165) is 32.2 Å². The zero-order valence-corrected chi connectivity index (χ0v) is 23.8. The van der Waals surface area contributed by atoms with Gasteiger partial charge in [-0.15, -0.1) is 0 Å². The van der Waals surface area contributed by atoms with Crippen LogP contribution in [0.25, 0.3) is 0 Å². The molecule has 0 saturated heterocycles. The van der Waals surface area contributed by atoms with Gasteiger partial charge in [0.05, 0.1) is 24.4 Å². The molecule has 0 aromatic rings. The molecule has 0 aliphatic carbocycles. The molecule has 0 spiro atoms. The Bertz CT molecular complexity index is 436. The van der Waals surface area contributed by atoms with E-state index in [-0.39, 0.29) is 30.7 Å². The Kier molecular flexibility index (Phi) is 24.9. The van der Waals surface area contributed by atoms with Crippen LogP contribution >= 0.6 is 0 Å². The molecule has 210 valence electrons. The Morgan fingerprint density at radius 1 is 0.629 bits per heavy atom. The topological polar surface area (TPSA) is 84.9 Å². The number of allylic oxidation sites excluding steroid dienone is 2. The maximum atomic E-state index is 9.78. The number of ether oxygens (including phenoxy) is 2. The van der Waals surface area contributed by atoms with Crippen LogP contribution in [-0.2, 0) is 9.47 Å². The minimum Gasteiger partial charge on any atom is -0.393 e. The first-order valence-corrected chi connectivity index (χ1v) is 14.9. The van der Waals surface area contributed by atoms with E-state index in [1.165, 1.54) is 77.0 Å². The van der Waals surface area contributed by atoms with Gasteiger partial charge in [0, 0.05) is 0 Å². The molecule has 0 aromatic carbocycles. The first-order chi connectivity index (χ1) is 16.9. The van der Waals surface area contributed by atoms with Gasteiger partial charge >= 0.3 is 0 Å². The minimum atomic E-state index is -0.374. The van der Waals surface area contributed by atoms with E-state index in [4.69, 9.17) is 15.2 Å². The molecule has 0 aliphatic heterocycles. The average molecular weight is 500 g/mol. The monoisotopic (exact) mass is 499 g/mol. The van der Waals surface area contributed by atoms with Gasteiger partial charge in [0.1, 0.15) is 0 Å². The van der Waals surface area contributed by atoms with Crippen LogP contribution in [0.4, 0.5) is 0 Å². The van der Waals surface area contributed by atoms with E-state index in [1.54, 1.807) is 0 Å². The second-order valence-electron chi connectivity index (χ2n) is 10.4. The number of hydrogen-bond donors (Lipinski definition) is 3. The Hall–Kier alpha value is -0.460. The highest BCUT2D eigenvalue weighted by atomic mass is 16.7. The fourth-order valence-corrected chi connectivity index (χ4v) is 4.45. The lowest BCUT2D eigenvalue weighted by Crippen LogP contribution is -2.31. The van der Waals surface area contributed by atoms with Crippen molar-refractivity contribution in [1.82, 2.24) is 0 Å². The molecular weight excluding hydrogens is 438 g/mol. The molecule has 35 heavy (non-hydrogen) atoms. The SMILES string of the molecule is CCC(CC(C)O)OC(CCCCCCC/C=C\CCCCCCCCN)OC(CC)CC(C)O. The van der Waals surface area contributed by atoms with Crippen LogP contribution in [0.3, 0.4) is 0 Å². The lowest BCUT2D eigenvalue weighted by Gasteiger charge is -2.29. The van der Waals surface area contributed by atoms with Crippen LogP contribution < -0.4 is 5.73 Å². The largest absolute Gasteiger partial charge is 0.393 e. The van der Waals surface area contributed by atoms with Gasteiger partial charge in [0.25, 0.3) is 0 Å². The van der Waals surface area contributed by atoms with Crippen LogP contribution in [-0.4, -0.2) is 47.5 Å². The average Bonchev–Trinajstić information content (AvgIpc) is 2.82. The summed E-state index contributed by atoms with van der Waals surface area (Å²) in [5.74, 6) is 0. The highest BCUT2D eigenvalue weighted by Gasteiger charge is 2.21. The van der Waals surface area contributed by atoms with Crippen molar-refractivity contribution >= 4 is 0 Å². The molecule has 0 amide bonds. The first-order valence-electron chi connectivity index (χ1n) is 14.9. The van der Waals surface area contributed by atoms with Crippen molar-refractivity contribution in [3.8, 4) is 0 Å². The van der Waals surface area contributed by atoms with E-state index in [0.29, 0.717) is 12.8 Å². The molecule has 5 nitrogen and oxygen atoms in total. The lowest BCUT2D eigenvalue weighted by atomic mass is 10.1. The number of nitrogens with two attached hydrogens (primary N) is 1. The molecule has 0 bridgehead atoms. The van der Waals surface area contributed by atoms with Gasteiger partial charge in [0.15, 0.2) is 6.29 Å². The smallest absolute Gasteiger partial charge is 0.158 e. The van der Waals surface area contributed by atoms with E-state index in [9.17, 15) is 10.2 Å². The summed E-state index contributed by atoms with van der Waals surface area (Å²) >= 11 is 0. The van der Waals surface area contributed by atoms with Crippen molar-refractivity contribution in [2.24, 2.45) is 5.73 Å². The lowest BCUT2D eigenvalue weighted by molar-refractivity contribution is -0.206. The van der Waals surface area contributed by atoms with Gasteiger partial charge in [-0.1, -0.05) is 70.9 Å². The van der Waals surface area contributed by atoms with Gasteiger partial charge in [0.2, 0.25) is 0 Å². The Morgan fingerprint density at radius 3 is 1.43 bits per heavy atom. The molecule has 0 radical (unpaired) electrons. The third-order valence-electron chi connectivity index (χ3n) is 6.61. The number of unbranched alkanes of at least 4 members (excludes halogenated alkanes) is 11. The molecular formula is C30H61NO4. The van der Waals surface area contributed by atoms with E-state index in [2.05, 4.69) is 26.0 Å². The maximum Gasteiger partial charge on any atom is 0.158 e. The summed E-state index contributed by atoms with van der Waals surface area (Å²) in [6, 6.07) is 0. The van der Waals surface area contributed by atoms with E-state index >= 15 is 0 Å². The third kappa shape index (κ3) is 23.7. The van der Waals surface area contributed by atoms with Gasteiger partial charge in [-0.3, -0.25) is 0 Å².